The number of thiazole rings is 1. The lowest BCUT2D eigenvalue weighted by Crippen LogP contribution is -2.18. The summed E-state index contributed by atoms with van der Waals surface area (Å²) in [6, 6.07) is 34.9. The molecular weight excluding hydrogens is 526 g/mol. The largest absolute Gasteiger partial charge is 0.497 e. The average Bonchev–Trinajstić information content (AvgIpc) is 3.45. The van der Waals surface area contributed by atoms with E-state index in [9.17, 15) is 0 Å². The second kappa shape index (κ2) is 12.2. The highest BCUT2D eigenvalue weighted by Gasteiger charge is 2.12. The molecule has 0 fully saturated rings. The Labute approximate surface area is 243 Å². The molecule has 41 heavy (non-hydrogen) atoms. The smallest absolute Gasteiger partial charge is 0.208 e. The second-order valence-electron chi connectivity index (χ2n) is 9.71. The molecule has 0 atom stereocenters. The van der Waals surface area contributed by atoms with Crippen LogP contribution in [0.2, 0.25) is 0 Å². The highest BCUT2D eigenvalue weighted by Crippen LogP contribution is 2.28. The van der Waals surface area contributed by atoms with Crippen molar-refractivity contribution in [2.45, 2.75) is 26.3 Å². The molecule has 2 aromatic heterocycles. The van der Waals surface area contributed by atoms with Crippen LogP contribution in [0.5, 0.6) is 5.75 Å². The Bertz CT molecular complexity index is 1820. The van der Waals surface area contributed by atoms with E-state index in [0.29, 0.717) is 5.82 Å². The van der Waals surface area contributed by atoms with Crippen molar-refractivity contribution in [3.8, 4) is 39.4 Å². The van der Waals surface area contributed by atoms with Crippen molar-refractivity contribution in [1.82, 2.24) is 14.5 Å². The van der Waals surface area contributed by atoms with Crippen molar-refractivity contribution in [2.24, 2.45) is 5.10 Å². The number of ether oxygens (including phenoxy) is 1. The maximum Gasteiger partial charge on any atom is 0.208 e. The van der Waals surface area contributed by atoms with Gasteiger partial charge < -0.3 is 9.30 Å². The van der Waals surface area contributed by atoms with Gasteiger partial charge in [-0.25, -0.2) is 9.97 Å². The molecule has 1 N–H and O–H groups in total. The molecule has 6 aromatic rings. The van der Waals surface area contributed by atoms with E-state index in [4.69, 9.17) is 19.8 Å². The minimum Gasteiger partial charge on any atom is -0.497 e. The van der Waals surface area contributed by atoms with Gasteiger partial charge in [-0.05, 0) is 47.4 Å². The summed E-state index contributed by atoms with van der Waals surface area (Å²) in [4.78, 5) is 10.7. The van der Waals surface area contributed by atoms with Crippen LogP contribution in [0.15, 0.2) is 114 Å². The molecule has 204 valence electrons. The van der Waals surface area contributed by atoms with Gasteiger partial charge in [-0.1, -0.05) is 92.2 Å². The quantitative estimate of drug-likeness (QED) is 0.182. The van der Waals surface area contributed by atoms with Gasteiger partial charge in [-0.3, -0.25) is 5.43 Å². The molecule has 0 aliphatic heterocycles. The van der Waals surface area contributed by atoms with Crippen molar-refractivity contribution < 1.29 is 4.74 Å². The Hall–Kier alpha value is -4.75. The first-order valence-electron chi connectivity index (χ1n) is 13.8. The Morgan fingerprint density at radius 1 is 0.756 bits per heavy atom. The van der Waals surface area contributed by atoms with Crippen molar-refractivity contribution in [3.05, 3.63) is 113 Å². The van der Waals surface area contributed by atoms with Crippen LogP contribution in [0.4, 0.5) is 5.82 Å². The summed E-state index contributed by atoms with van der Waals surface area (Å²) in [6.07, 6.45) is 2.16. The van der Waals surface area contributed by atoms with Gasteiger partial charge in [0.05, 0.1) is 23.8 Å². The minimum atomic E-state index is 0.635. The summed E-state index contributed by atoms with van der Waals surface area (Å²) in [7, 11) is 1.69. The van der Waals surface area contributed by atoms with E-state index in [1.54, 1.807) is 18.4 Å². The molecule has 0 radical (unpaired) electrons. The number of nitrogens with one attached hydrogen (secondary N) is 1. The molecule has 0 saturated heterocycles. The van der Waals surface area contributed by atoms with Gasteiger partial charge in [0, 0.05) is 17.5 Å². The Balaban J connectivity index is 1.35. The number of hydrogen-bond acceptors (Lipinski definition) is 6. The standard InChI is InChI=1S/C34H31N5OS/c1-3-4-22-39-31(26-16-14-24(15-17-26)25-18-20-28(40-2)21-19-25)23-41-34(39)38-37-33-32(27-10-6-5-7-11-27)35-29-12-8-9-13-30(29)36-33/h5-21,23H,3-4,22H2,1-2H3,(H,36,37)/b38-34-. The van der Waals surface area contributed by atoms with E-state index >= 15 is 0 Å². The SMILES string of the molecule is CCCCn1c(-c2ccc(-c3ccc(OC)cc3)cc2)cs/c1=N\Nc1nc2ccccc2nc1-c1ccccc1. The van der Waals surface area contributed by atoms with Crippen LogP contribution in [0, 0.1) is 0 Å². The highest BCUT2D eigenvalue weighted by molar-refractivity contribution is 7.07. The lowest BCUT2D eigenvalue weighted by atomic mass is 10.0. The van der Waals surface area contributed by atoms with E-state index in [1.165, 1.54) is 5.56 Å². The summed E-state index contributed by atoms with van der Waals surface area (Å²) < 4.78 is 7.59. The third-order valence-electron chi connectivity index (χ3n) is 7.01. The van der Waals surface area contributed by atoms with E-state index in [2.05, 4.69) is 58.7 Å². The van der Waals surface area contributed by atoms with Crippen LogP contribution in [0.1, 0.15) is 19.8 Å². The number of benzene rings is 4. The van der Waals surface area contributed by atoms with E-state index in [-0.39, 0.29) is 0 Å². The van der Waals surface area contributed by atoms with Crippen LogP contribution in [0.25, 0.3) is 44.7 Å². The molecule has 0 aliphatic carbocycles. The normalized spacial score (nSPS) is 11.6. The number of unbranched alkanes of at least 4 members (excludes halogenated alkanes) is 1. The molecule has 0 unspecified atom stereocenters. The molecule has 4 aromatic carbocycles. The van der Waals surface area contributed by atoms with Gasteiger partial charge in [-0.2, -0.15) is 0 Å². The Kier molecular flexibility index (Phi) is 7.87. The first-order valence-corrected chi connectivity index (χ1v) is 14.7. The summed E-state index contributed by atoms with van der Waals surface area (Å²) in [5.41, 5.74) is 11.4. The fourth-order valence-electron chi connectivity index (χ4n) is 4.77. The van der Waals surface area contributed by atoms with Gasteiger partial charge in [0.2, 0.25) is 4.80 Å². The number of aromatic nitrogens is 3. The maximum atomic E-state index is 5.30. The molecule has 0 aliphatic rings. The lowest BCUT2D eigenvalue weighted by Gasteiger charge is -2.11. The average molecular weight is 558 g/mol. The van der Waals surface area contributed by atoms with Gasteiger partial charge in [0.15, 0.2) is 5.82 Å². The van der Waals surface area contributed by atoms with Crippen LogP contribution in [-0.2, 0) is 6.54 Å². The first-order chi connectivity index (χ1) is 20.2. The van der Waals surface area contributed by atoms with E-state index in [1.807, 2.05) is 66.7 Å². The number of anilines is 1. The number of para-hydroxylation sites is 2. The fourth-order valence-corrected chi connectivity index (χ4v) is 5.67. The molecule has 0 amide bonds. The molecular formula is C34H31N5OS. The predicted octanol–water partition coefficient (Wildman–Crippen LogP) is 8.23. The van der Waals surface area contributed by atoms with Crippen molar-refractivity contribution in [1.29, 1.82) is 0 Å². The molecule has 0 spiro atoms. The number of rotatable bonds is 9. The first kappa shape index (κ1) is 26.5. The second-order valence-corrected chi connectivity index (χ2v) is 10.6. The summed E-state index contributed by atoms with van der Waals surface area (Å²) in [6.45, 7) is 3.09. The molecule has 2 heterocycles. The zero-order valence-corrected chi connectivity index (χ0v) is 23.9. The number of nitrogens with zero attached hydrogens (tertiary/aromatic N) is 4. The number of hydrogen-bond donors (Lipinski definition) is 1. The molecule has 6 rings (SSSR count). The van der Waals surface area contributed by atoms with E-state index in [0.717, 1.165) is 69.0 Å². The van der Waals surface area contributed by atoms with Crippen molar-refractivity contribution in [3.63, 3.8) is 0 Å². The third kappa shape index (κ3) is 5.76. The summed E-state index contributed by atoms with van der Waals surface area (Å²) in [5.74, 6) is 1.49. The summed E-state index contributed by atoms with van der Waals surface area (Å²) in [5, 5.41) is 7.05. The molecule has 0 saturated carbocycles. The molecule has 0 bridgehead atoms. The summed E-state index contributed by atoms with van der Waals surface area (Å²) >= 11 is 1.62. The zero-order chi connectivity index (χ0) is 28.0. The number of fused-ring (bicyclic) bond motifs is 1. The highest BCUT2D eigenvalue weighted by atomic mass is 32.1. The molecule has 7 heteroatoms. The Morgan fingerprint density at radius 2 is 1.39 bits per heavy atom. The van der Waals surface area contributed by atoms with Gasteiger partial charge in [0.25, 0.3) is 0 Å². The van der Waals surface area contributed by atoms with Gasteiger partial charge in [-0.15, -0.1) is 16.4 Å². The lowest BCUT2D eigenvalue weighted by molar-refractivity contribution is 0.415. The fraction of sp³-hybridized carbons (Fsp3) is 0.147. The van der Waals surface area contributed by atoms with Crippen molar-refractivity contribution in [2.75, 3.05) is 12.5 Å². The van der Waals surface area contributed by atoms with Gasteiger partial charge >= 0.3 is 0 Å². The van der Waals surface area contributed by atoms with E-state index < -0.39 is 0 Å². The topological polar surface area (TPSA) is 64.3 Å². The number of methoxy groups -OCH3 is 1. The van der Waals surface area contributed by atoms with Crippen molar-refractivity contribution >= 4 is 28.2 Å². The minimum absolute atomic E-state index is 0.635. The maximum absolute atomic E-state index is 5.30. The monoisotopic (exact) mass is 557 g/mol. The molecule has 6 nitrogen and oxygen atoms in total. The van der Waals surface area contributed by atoms with Crippen LogP contribution in [-0.4, -0.2) is 21.6 Å². The Morgan fingerprint density at radius 3 is 2.07 bits per heavy atom. The third-order valence-corrected chi connectivity index (χ3v) is 7.88. The van der Waals surface area contributed by atoms with Gasteiger partial charge in [0.1, 0.15) is 11.4 Å². The van der Waals surface area contributed by atoms with Crippen LogP contribution < -0.4 is 15.0 Å². The predicted molar refractivity (Wildman–Crippen MR) is 169 cm³/mol. The zero-order valence-electron chi connectivity index (χ0n) is 23.1. The van der Waals surface area contributed by atoms with Crippen LogP contribution >= 0.6 is 11.3 Å². The van der Waals surface area contributed by atoms with Crippen LogP contribution in [0.3, 0.4) is 0 Å².